The van der Waals surface area contributed by atoms with Crippen LogP contribution in [0.1, 0.15) is 25.3 Å². The van der Waals surface area contributed by atoms with Crippen LogP contribution in [0.4, 0.5) is 11.4 Å². The smallest absolute Gasteiger partial charge is 0.267 e. The lowest BCUT2D eigenvalue weighted by atomic mass is 10.1. The molecule has 26 heavy (non-hydrogen) atoms. The van der Waals surface area contributed by atoms with Gasteiger partial charge in [0.1, 0.15) is 11.6 Å². The highest BCUT2D eigenvalue weighted by Gasteiger charge is 2.11. The van der Waals surface area contributed by atoms with Gasteiger partial charge in [0.2, 0.25) is 0 Å². The molecule has 0 aliphatic heterocycles. The number of aryl methyl sites for hydroxylation is 1. The lowest BCUT2D eigenvalue weighted by Crippen LogP contribution is -2.14. The number of halogens is 2. The van der Waals surface area contributed by atoms with Crippen molar-refractivity contribution in [2.24, 2.45) is 0 Å². The topological polar surface area (TPSA) is 64.9 Å². The molecule has 0 saturated heterocycles. The number of carbonyl (C=O) groups excluding carboxylic acids is 1. The van der Waals surface area contributed by atoms with Gasteiger partial charge in [0.25, 0.3) is 5.91 Å². The maximum atomic E-state index is 12.2. The lowest BCUT2D eigenvalue weighted by molar-refractivity contribution is -0.112. The molecule has 1 amide bonds. The number of nitriles is 1. The van der Waals surface area contributed by atoms with Crippen molar-refractivity contribution in [2.75, 3.05) is 10.6 Å². The van der Waals surface area contributed by atoms with Gasteiger partial charge in [-0.05, 0) is 48.7 Å². The van der Waals surface area contributed by atoms with Gasteiger partial charge < -0.3 is 10.6 Å². The third kappa shape index (κ3) is 5.80. The molecule has 0 heterocycles. The Morgan fingerprint density at radius 2 is 1.92 bits per heavy atom. The lowest BCUT2D eigenvalue weighted by Gasteiger charge is -2.07. The maximum Gasteiger partial charge on any atom is 0.267 e. The molecule has 2 aromatic carbocycles. The van der Waals surface area contributed by atoms with E-state index in [2.05, 4.69) is 17.6 Å². The Kier molecular flexibility index (Phi) is 7.53. The predicted octanol–water partition coefficient (Wildman–Crippen LogP) is 5.79. The summed E-state index contributed by atoms with van der Waals surface area (Å²) in [7, 11) is 0. The molecule has 134 valence electrons. The SMILES string of the molecule is CCCCc1ccc(N/C=C(/C#N)C(=O)Nc2ccc(Cl)cc2Cl)cc1. The van der Waals surface area contributed by atoms with Crippen LogP contribution in [0.3, 0.4) is 0 Å². The average Bonchev–Trinajstić information content (AvgIpc) is 2.64. The Morgan fingerprint density at radius 3 is 2.54 bits per heavy atom. The van der Waals surface area contributed by atoms with Gasteiger partial charge >= 0.3 is 0 Å². The minimum absolute atomic E-state index is 0.0638. The van der Waals surface area contributed by atoms with Gasteiger partial charge in [-0.25, -0.2) is 0 Å². The summed E-state index contributed by atoms with van der Waals surface area (Å²) in [6.45, 7) is 2.16. The first kappa shape index (κ1) is 19.8. The molecule has 0 saturated carbocycles. The Morgan fingerprint density at radius 1 is 1.19 bits per heavy atom. The molecule has 0 unspecified atom stereocenters. The van der Waals surface area contributed by atoms with Crippen LogP contribution >= 0.6 is 23.2 Å². The van der Waals surface area contributed by atoms with E-state index in [4.69, 9.17) is 23.2 Å². The second-order valence-electron chi connectivity index (χ2n) is 5.69. The minimum Gasteiger partial charge on any atom is -0.360 e. The molecule has 4 nitrogen and oxygen atoms in total. The summed E-state index contributed by atoms with van der Waals surface area (Å²) in [5.74, 6) is -0.552. The Labute approximate surface area is 163 Å². The van der Waals surface area contributed by atoms with Crippen molar-refractivity contribution >= 4 is 40.5 Å². The van der Waals surface area contributed by atoms with Gasteiger partial charge in [-0.2, -0.15) is 5.26 Å². The van der Waals surface area contributed by atoms with E-state index in [9.17, 15) is 10.1 Å². The van der Waals surface area contributed by atoms with Gasteiger partial charge in [0, 0.05) is 16.9 Å². The monoisotopic (exact) mass is 387 g/mol. The number of unbranched alkanes of at least 4 members (excludes halogenated alkanes) is 1. The van der Waals surface area contributed by atoms with Gasteiger partial charge in [-0.1, -0.05) is 48.7 Å². The zero-order chi connectivity index (χ0) is 18.9. The fraction of sp³-hybridized carbons (Fsp3) is 0.200. The van der Waals surface area contributed by atoms with Crippen LogP contribution < -0.4 is 10.6 Å². The van der Waals surface area contributed by atoms with Crippen LogP contribution in [0, 0.1) is 11.3 Å². The molecule has 0 aromatic heterocycles. The molecule has 0 bridgehead atoms. The van der Waals surface area contributed by atoms with Crippen LogP contribution in [-0.4, -0.2) is 5.91 Å². The molecule has 2 aromatic rings. The summed E-state index contributed by atoms with van der Waals surface area (Å²) >= 11 is 11.9. The third-order valence-corrected chi connectivity index (χ3v) is 4.25. The van der Waals surface area contributed by atoms with Gasteiger partial charge in [-0.15, -0.1) is 0 Å². The van der Waals surface area contributed by atoms with Crippen molar-refractivity contribution in [2.45, 2.75) is 26.2 Å². The quantitative estimate of drug-likeness (QED) is 0.466. The molecular formula is C20H19Cl2N3O. The average molecular weight is 388 g/mol. The summed E-state index contributed by atoms with van der Waals surface area (Å²) in [6, 6.07) is 14.5. The van der Waals surface area contributed by atoms with E-state index in [1.54, 1.807) is 12.1 Å². The fourth-order valence-electron chi connectivity index (χ4n) is 2.23. The second kappa shape index (κ2) is 9.86. The van der Waals surface area contributed by atoms with Crippen LogP contribution in [-0.2, 0) is 11.2 Å². The van der Waals surface area contributed by atoms with Crippen molar-refractivity contribution in [3.63, 3.8) is 0 Å². The largest absolute Gasteiger partial charge is 0.360 e. The highest BCUT2D eigenvalue weighted by molar-refractivity contribution is 6.36. The molecule has 0 aliphatic rings. The molecular weight excluding hydrogens is 369 g/mol. The number of benzene rings is 2. The van der Waals surface area contributed by atoms with Crippen LogP contribution in [0.25, 0.3) is 0 Å². The molecule has 0 spiro atoms. The first-order chi connectivity index (χ1) is 12.5. The zero-order valence-corrected chi connectivity index (χ0v) is 15.9. The molecule has 0 aliphatic carbocycles. The molecule has 0 atom stereocenters. The van der Waals surface area contributed by atoms with E-state index < -0.39 is 5.91 Å². The van der Waals surface area contributed by atoms with E-state index in [-0.39, 0.29) is 5.57 Å². The fourth-order valence-corrected chi connectivity index (χ4v) is 2.69. The van der Waals surface area contributed by atoms with E-state index >= 15 is 0 Å². The van der Waals surface area contributed by atoms with Gasteiger partial charge in [0.15, 0.2) is 0 Å². The Balaban J connectivity index is 2.02. The molecule has 2 N–H and O–H groups in total. The van der Waals surface area contributed by atoms with Crippen LogP contribution in [0.15, 0.2) is 54.2 Å². The van der Waals surface area contributed by atoms with Crippen LogP contribution in [0.2, 0.25) is 10.0 Å². The zero-order valence-electron chi connectivity index (χ0n) is 14.4. The number of hydrogen-bond donors (Lipinski definition) is 2. The van der Waals surface area contributed by atoms with Crippen molar-refractivity contribution in [3.05, 3.63) is 69.8 Å². The highest BCUT2D eigenvalue weighted by Crippen LogP contribution is 2.25. The molecule has 2 rings (SSSR count). The number of nitrogens with zero attached hydrogens (tertiary/aromatic N) is 1. The maximum absolute atomic E-state index is 12.2. The van der Waals surface area contributed by atoms with Crippen molar-refractivity contribution < 1.29 is 4.79 Å². The van der Waals surface area contributed by atoms with Crippen molar-refractivity contribution in [1.82, 2.24) is 0 Å². The summed E-state index contributed by atoms with van der Waals surface area (Å²) < 4.78 is 0. The van der Waals surface area contributed by atoms with Gasteiger partial charge in [0.05, 0.1) is 10.7 Å². The van der Waals surface area contributed by atoms with Crippen LogP contribution in [0.5, 0.6) is 0 Å². The summed E-state index contributed by atoms with van der Waals surface area (Å²) in [6.07, 6.45) is 4.72. The summed E-state index contributed by atoms with van der Waals surface area (Å²) in [5.41, 5.74) is 2.39. The molecule has 0 radical (unpaired) electrons. The first-order valence-electron chi connectivity index (χ1n) is 8.25. The van der Waals surface area contributed by atoms with Crippen molar-refractivity contribution in [1.29, 1.82) is 5.26 Å². The van der Waals surface area contributed by atoms with E-state index in [0.717, 1.165) is 24.9 Å². The number of hydrogen-bond acceptors (Lipinski definition) is 3. The normalized spacial score (nSPS) is 10.9. The van der Waals surface area contributed by atoms with E-state index in [1.165, 1.54) is 17.8 Å². The number of nitrogens with one attached hydrogen (secondary N) is 2. The molecule has 0 fully saturated rings. The highest BCUT2D eigenvalue weighted by atomic mass is 35.5. The Hall–Kier alpha value is -2.48. The summed E-state index contributed by atoms with van der Waals surface area (Å²) in [4.78, 5) is 12.2. The minimum atomic E-state index is -0.552. The Bertz CT molecular complexity index is 839. The number of anilines is 2. The first-order valence-corrected chi connectivity index (χ1v) is 9.01. The van der Waals surface area contributed by atoms with Crippen molar-refractivity contribution in [3.8, 4) is 6.07 Å². The number of amides is 1. The van der Waals surface area contributed by atoms with Gasteiger partial charge in [-0.3, -0.25) is 4.79 Å². The standard InChI is InChI=1S/C20H19Cl2N3O/c1-2-3-4-14-5-8-17(9-6-14)24-13-15(12-23)20(26)25-19-10-7-16(21)11-18(19)22/h5-11,13,24H,2-4H2,1H3,(H,25,26)/b15-13-. The number of rotatable bonds is 7. The van der Waals surface area contributed by atoms with E-state index in [1.807, 2.05) is 30.3 Å². The third-order valence-electron chi connectivity index (χ3n) is 3.70. The van der Waals surface area contributed by atoms with E-state index in [0.29, 0.717) is 15.7 Å². The second-order valence-corrected chi connectivity index (χ2v) is 6.54. The summed E-state index contributed by atoms with van der Waals surface area (Å²) in [5, 5.41) is 15.6. The number of carbonyl (C=O) groups is 1. The molecule has 6 heteroatoms. The predicted molar refractivity (Wildman–Crippen MR) is 107 cm³/mol.